The SMILES string of the molecule is CC(C)N(SN(C)C(=O)Oc1cccc2c1OC(C)(C)C2)P1(=O)OCCCO1. The quantitative estimate of drug-likeness (QED) is 0.494. The van der Waals surface area contributed by atoms with Crippen LogP contribution in [-0.2, 0) is 20.0 Å². The van der Waals surface area contributed by atoms with Crippen molar-refractivity contribution < 1.29 is 27.9 Å². The molecule has 8 nitrogen and oxygen atoms in total. The molecule has 0 saturated carbocycles. The zero-order valence-electron chi connectivity index (χ0n) is 16.8. The molecule has 0 aromatic heterocycles. The number of nitrogens with zero attached hydrogens (tertiary/aromatic N) is 2. The van der Waals surface area contributed by atoms with Gasteiger partial charge in [-0.15, -0.1) is 4.08 Å². The lowest BCUT2D eigenvalue weighted by atomic mass is 10.0. The summed E-state index contributed by atoms with van der Waals surface area (Å²) in [5.41, 5.74) is 0.664. The van der Waals surface area contributed by atoms with Gasteiger partial charge >= 0.3 is 13.8 Å². The normalized spacial score (nSPS) is 20.0. The molecule has 2 aliphatic heterocycles. The van der Waals surface area contributed by atoms with Crippen molar-refractivity contribution in [3.63, 3.8) is 0 Å². The Labute approximate surface area is 170 Å². The van der Waals surface area contributed by atoms with E-state index in [2.05, 4.69) is 0 Å². The second-order valence-corrected chi connectivity index (χ2v) is 10.9. The molecule has 2 heterocycles. The summed E-state index contributed by atoms with van der Waals surface area (Å²) in [7, 11) is -1.92. The number of para-hydroxylation sites is 1. The first-order chi connectivity index (χ1) is 13.1. The molecule has 3 rings (SSSR count). The Hall–Kier alpha value is -1.25. The maximum atomic E-state index is 13.0. The number of carbonyl (C=O) groups is 1. The van der Waals surface area contributed by atoms with Crippen LogP contribution in [-0.4, -0.2) is 46.4 Å². The number of fused-ring (bicyclic) bond motifs is 1. The minimum absolute atomic E-state index is 0.186. The first-order valence-corrected chi connectivity index (χ1v) is 11.5. The van der Waals surface area contributed by atoms with Crippen LogP contribution in [0.5, 0.6) is 11.5 Å². The number of amides is 1. The van der Waals surface area contributed by atoms with Crippen molar-refractivity contribution in [1.82, 2.24) is 8.38 Å². The van der Waals surface area contributed by atoms with Crippen LogP contribution in [0, 0.1) is 0 Å². The van der Waals surface area contributed by atoms with E-state index >= 15 is 0 Å². The lowest BCUT2D eigenvalue weighted by molar-refractivity contribution is 0.121. The summed E-state index contributed by atoms with van der Waals surface area (Å²) in [4.78, 5) is 12.6. The summed E-state index contributed by atoms with van der Waals surface area (Å²) in [6.45, 7) is 8.41. The first-order valence-electron chi connectivity index (χ1n) is 9.25. The molecule has 156 valence electrons. The molecule has 1 amide bonds. The minimum Gasteiger partial charge on any atom is -0.483 e. The zero-order chi connectivity index (χ0) is 20.5. The Kier molecular flexibility index (Phi) is 6.32. The van der Waals surface area contributed by atoms with Crippen LogP contribution in [0.2, 0.25) is 0 Å². The van der Waals surface area contributed by atoms with Gasteiger partial charge in [-0.1, -0.05) is 12.1 Å². The Balaban J connectivity index is 1.70. The lowest BCUT2D eigenvalue weighted by Gasteiger charge is -2.35. The first kappa shape index (κ1) is 21.5. The molecule has 2 aliphatic rings. The van der Waals surface area contributed by atoms with Crippen molar-refractivity contribution in [2.75, 3.05) is 20.3 Å². The van der Waals surface area contributed by atoms with Gasteiger partial charge in [-0.2, -0.15) is 0 Å². The summed E-state index contributed by atoms with van der Waals surface area (Å²) in [6, 6.07) is 5.31. The van der Waals surface area contributed by atoms with Gasteiger partial charge in [0.15, 0.2) is 11.5 Å². The topological polar surface area (TPSA) is 77.5 Å². The molecule has 0 unspecified atom stereocenters. The van der Waals surface area contributed by atoms with E-state index in [1.165, 1.54) is 8.38 Å². The van der Waals surface area contributed by atoms with Gasteiger partial charge < -0.3 is 9.47 Å². The molecule has 0 aliphatic carbocycles. The van der Waals surface area contributed by atoms with Gasteiger partial charge in [0, 0.05) is 25.1 Å². The summed E-state index contributed by atoms with van der Waals surface area (Å²) in [6.07, 6.45) is 0.826. The second-order valence-electron chi connectivity index (χ2n) is 7.61. The number of hydrogen-bond donors (Lipinski definition) is 0. The van der Waals surface area contributed by atoms with E-state index < -0.39 is 13.8 Å². The predicted molar refractivity (Wildman–Crippen MR) is 107 cm³/mol. The Morgan fingerprint density at radius 2 is 1.96 bits per heavy atom. The number of carbonyl (C=O) groups excluding carboxylic acids is 1. The third-order valence-electron chi connectivity index (χ3n) is 4.20. The highest BCUT2D eigenvalue weighted by molar-refractivity contribution is 7.99. The zero-order valence-corrected chi connectivity index (χ0v) is 18.5. The number of rotatable bonds is 5. The van der Waals surface area contributed by atoms with Crippen molar-refractivity contribution in [3.05, 3.63) is 23.8 Å². The van der Waals surface area contributed by atoms with E-state index in [9.17, 15) is 9.36 Å². The molecule has 1 saturated heterocycles. The van der Waals surface area contributed by atoms with E-state index in [4.69, 9.17) is 18.5 Å². The average Bonchev–Trinajstić information content (AvgIpc) is 2.94. The van der Waals surface area contributed by atoms with E-state index in [-0.39, 0.29) is 11.6 Å². The molecule has 0 spiro atoms. The molecule has 1 aromatic carbocycles. The minimum atomic E-state index is -3.46. The molecule has 0 bridgehead atoms. The van der Waals surface area contributed by atoms with Gasteiger partial charge in [-0.3, -0.25) is 9.05 Å². The van der Waals surface area contributed by atoms with Crippen LogP contribution in [0.1, 0.15) is 39.7 Å². The number of hydrogen-bond acceptors (Lipinski definition) is 7. The Morgan fingerprint density at radius 3 is 2.61 bits per heavy atom. The highest BCUT2D eigenvalue weighted by Gasteiger charge is 2.41. The highest BCUT2D eigenvalue weighted by atomic mass is 32.2. The summed E-state index contributed by atoms with van der Waals surface area (Å²) >= 11 is 0.957. The Bertz CT molecular complexity index is 777. The molecule has 28 heavy (non-hydrogen) atoms. The Morgan fingerprint density at radius 1 is 1.29 bits per heavy atom. The standard InChI is InChI=1S/C18H27N2O6PS/c1-13(2)20(27(22)23-10-7-11-24-27)28-19(5)17(21)25-15-9-6-8-14-12-18(3,4)26-16(14)15/h6,8-9,13H,7,10-12H2,1-5H3. The lowest BCUT2D eigenvalue weighted by Crippen LogP contribution is -2.33. The van der Waals surface area contributed by atoms with Gasteiger partial charge in [0.25, 0.3) is 0 Å². The molecule has 10 heteroatoms. The van der Waals surface area contributed by atoms with Crippen LogP contribution in [0.25, 0.3) is 0 Å². The van der Waals surface area contributed by atoms with Crippen LogP contribution in [0.4, 0.5) is 4.79 Å². The average molecular weight is 430 g/mol. The summed E-state index contributed by atoms with van der Waals surface area (Å²) < 4.78 is 38.0. The maximum absolute atomic E-state index is 13.0. The van der Waals surface area contributed by atoms with Crippen LogP contribution in [0.3, 0.4) is 0 Å². The number of ether oxygens (including phenoxy) is 2. The van der Waals surface area contributed by atoms with Crippen LogP contribution < -0.4 is 9.47 Å². The van der Waals surface area contributed by atoms with Gasteiger partial charge in [0.1, 0.15) is 5.60 Å². The van der Waals surface area contributed by atoms with Crippen molar-refractivity contribution in [2.24, 2.45) is 0 Å². The second kappa shape index (κ2) is 8.24. The summed E-state index contributed by atoms with van der Waals surface area (Å²) in [5, 5.41) is 0. The van der Waals surface area contributed by atoms with Crippen molar-refractivity contribution >= 4 is 26.0 Å². The van der Waals surface area contributed by atoms with Crippen molar-refractivity contribution in [1.29, 1.82) is 0 Å². The van der Waals surface area contributed by atoms with Crippen LogP contribution >= 0.6 is 19.9 Å². The van der Waals surface area contributed by atoms with E-state index in [0.29, 0.717) is 31.1 Å². The van der Waals surface area contributed by atoms with E-state index in [1.54, 1.807) is 13.1 Å². The molecular weight excluding hydrogens is 403 g/mol. The van der Waals surface area contributed by atoms with Gasteiger partial charge in [-0.25, -0.2) is 13.7 Å². The van der Waals surface area contributed by atoms with Gasteiger partial charge in [-0.05, 0) is 40.2 Å². The molecular formula is C18H27N2O6PS. The third kappa shape index (κ3) is 4.66. The molecule has 1 fully saturated rings. The molecule has 0 radical (unpaired) electrons. The molecule has 1 aromatic rings. The number of benzene rings is 1. The smallest absolute Gasteiger partial charge is 0.426 e. The highest BCUT2D eigenvalue weighted by Crippen LogP contribution is 2.58. The van der Waals surface area contributed by atoms with Crippen LogP contribution in [0.15, 0.2) is 18.2 Å². The van der Waals surface area contributed by atoms with Gasteiger partial charge in [0.2, 0.25) is 0 Å². The van der Waals surface area contributed by atoms with Crippen molar-refractivity contribution in [3.8, 4) is 11.5 Å². The van der Waals surface area contributed by atoms with E-state index in [1.807, 2.05) is 39.8 Å². The van der Waals surface area contributed by atoms with Gasteiger partial charge in [0.05, 0.1) is 25.3 Å². The fraction of sp³-hybridized carbons (Fsp3) is 0.611. The third-order valence-corrected chi connectivity index (χ3v) is 7.96. The molecule has 0 N–H and O–H groups in total. The molecule has 0 atom stereocenters. The largest absolute Gasteiger partial charge is 0.483 e. The maximum Gasteiger partial charge on any atom is 0.426 e. The fourth-order valence-corrected chi connectivity index (χ4v) is 6.08. The van der Waals surface area contributed by atoms with E-state index in [0.717, 1.165) is 24.1 Å². The fourth-order valence-electron chi connectivity index (χ4n) is 2.98. The summed E-state index contributed by atoms with van der Waals surface area (Å²) in [5.74, 6) is 0.958. The predicted octanol–water partition coefficient (Wildman–Crippen LogP) is 4.65. The monoisotopic (exact) mass is 430 g/mol. The van der Waals surface area contributed by atoms with Crippen molar-refractivity contribution in [2.45, 2.75) is 52.2 Å².